The topological polar surface area (TPSA) is 121 Å². The second-order valence-corrected chi connectivity index (χ2v) is 10.1. The lowest BCUT2D eigenvalue weighted by Crippen LogP contribution is -2.44. The molecule has 2 aromatic rings. The number of fused-ring (bicyclic) bond motifs is 3. The molecule has 0 N–H and O–H groups in total. The molecule has 3 fully saturated rings. The fourth-order valence-electron chi connectivity index (χ4n) is 6.39. The molecule has 0 unspecified atom stereocenters. The predicted octanol–water partition coefficient (Wildman–Crippen LogP) is 6.55. The summed E-state index contributed by atoms with van der Waals surface area (Å²) in [5.41, 5.74) is 2.61. The minimum absolute atomic E-state index is 0.0131. The first kappa shape index (κ1) is 25.0. The summed E-state index contributed by atoms with van der Waals surface area (Å²) >= 11 is 0. The largest absolute Gasteiger partial charge is 0.425 e. The highest BCUT2D eigenvalue weighted by Crippen LogP contribution is 2.60. The van der Waals surface area contributed by atoms with E-state index in [9.17, 15) is 25.8 Å². The smallest absolute Gasteiger partial charge is 0.310 e. The summed E-state index contributed by atoms with van der Waals surface area (Å²) in [5.74, 6) is -0.502. The second kappa shape index (κ2) is 9.85. The van der Waals surface area contributed by atoms with Gasteiger partial charge in [-0.25, -0.2) is 0 Å². The van der Waals surface area contributed by atoms with Crippen LogP contribution in [0.2, 0.25) is 0 Å². The normalized spacial score (nSPS) is 22.1. The van der Waals surface area contributed by atoms with Gasteiger partial charge in [0.05, 0.1) is 16.7 Å². The third-order valence-corrected chi connectivity index (χ3v) is 8.38. The van der Waals surface area contributed by atoms with Gasteiger partial charge in [-0.2, -0.15) is 21.0 Å². The Morgan fingerprint density at radius 3 is 1.81 bits per heavy atom. The molecule has 3 aliphatic carbocycles. The fourth-order valence-corrected chi connectivity index (χ4v) is 6.39. The molecule has 3 saturated carbocycles. The zero-order valence-corrected chi connectivity index (χ0v) is 20.8. The minimum atomic E-state index is -0.515. The van der Waals surface area contributed by atoms with Crippen LogP contribution in [0.1, 0.15) is 99.5 Å². The highest BCUT2D eigenvalue weighted by Gasteiger charge is 2.49. The van der Waals surface area contributed by atoms with Gasteiger partial charge >= 0.3 is 5.97 Å². The third-order valence-electron chi connectivity index (χ3n) is 8.38. The molecule has 2 bridgehead atoms. The Kier molecular flexibility index (Phi) is 6.84. The van der Waals surface area contributed by atoms with Gasteiger partial charge in [-0.1, -0.05) is 32.4 Å². The summed E-state index contributed by atoms with van der Waals surface area (Å²) < 4.78 is 5.25. The monoisotopic (exact) mass is 476 g/mol. The number of carbonyl (C=O) groups excluding carboxylic acids is 1. The van der Waals surface area contributed by atoms with Crippen molar-refractivity contribution in [2.75, 3.05) is 0 Å². The van der Waals surface area contributed by atoms with Crippen molar-refractivity contribution < 1.29 is 9.53 Å². The third kappa shape index (κ3) is 4.00. The molecule has 0 saturated heterocycles. The van der Waals surface area contributed by atoms with Crippen LogP contribution in [0.4, 0.5) is 0 Å². The Balaban J connectivity index is 1.83. The van der Waals surface area contributed by atoms with Gasteiger partial charge in [0.2, 0.25) is 0 Å². The van der Waals surface area contributed by atoms with E-state index < -0.39 is 5.97 Å². The van der Waals surface area contributed by atoms with Crippen molar-refractivity contribution in [3.05, 3.63) is 52.1 Å². The Bertz CT molecular complexity index is 1370. The molecule has 5 rings (SSSR count). The number of nitrogens with zero attached hydrogens (tertiary/aromatic N) is 4. The lowest BCUT2D eigenvalue weighted by atomic mass is 9.50. The minimum Gasteiger partial charge on any atom is -0.425 e. The summed E-state index contributed by atoms with van der Waals surface area (Å²) in [6.07, 6.45) is 9.07. The predicted molar refractivity (Wildman–Crippen MR) is 133 cm³/mol. The van der Waals surface area contributed by atoms with Crippen molar-refractivity contribution in [3.8, 4) is 41.2 Å². The van der Waals surface area contributed by atoms with Crippen LogP contribution in [-0.2, 0) is 10.2 Å². The van der Waals surface area contributed by atoms with Gasteiger partial charge in [0.15, 0.2) is 0 Å². The van der Waals surface area contributed by atoms with E-state index in [0.29, 0.717) is 22.1 Å². The molecule has 36 heavy (non-hydrogen) atoms. The van der Waals surface area contributed by atoms with Gasteiger partial charge in [0, 0.05) is 17.5 Å². The summed E-state index contributed by atoms with van der Waals surface area (Å²) in [5, 5.41) is 40.0. The van der Waals surface area contributed by atoms with E-state index in [1.807, 2.05) is 18.2 Å². The lowest BCUT2D eigenvalue weighted by molar-refractivity contribution is -0.134. The Labute approximate surface area is 212 Å². The van der Waals surface area contributed by atoms with Crippen molar-refractivity contribution in [1.29, 1.82) is 21.0 Å². The Hall–Kier alpha value is -4.13. The highest BCUT2D eigenvalue weighted by atomic mass is 16.5. The van der Waals surface area contributed by atoms with Crippen LogP contribution < -0.4 is 4.74 Å². The summed E-state index contributed by atoms with van der Waals surface area (Å²) in [6.45, 7) is 3.88. The van der Waals surface area contributed by atoms with Crippen LogP contribution in [-0.4, -0.2) is 5.97 Å². The maximum Gasteiger partial charge on any atom is 0.310 e. The van der Waals surface area contributed by atoms with Crippen LogP contribution in [0.5, 0.6) is 5.75 Å². The highest BCUT2D eigenvalue weighted by molar-refractivity contribution is 5.83. The first-order valence-electron chi connectivity index (χ1n) is 12.6. The van der Waals surface area contributed by atoms with E-state index in [-0.39, 0.29) is 34.3 Å². The number of esters is 1. The van der Waals surface area contributed by atoms with Crippen molar-refractivity contribution >= 4 is 5.97 Å². The van der Waals surface area contributed by atoms with Crippen LogP contribution >= 0.6 is 0 Å². The van der Waals surface area contributed by atoms with Crippen molar-refractivity contribution in [2.24, 2.45) is 5.41 Å². The second-order valence-electron chi connectivity index (χ2n) is 10.1. The molecule has 0 amide bonds. The van der Waals surface area contributed by atoms with Crippen molar-refractivity contribution in [1.82, 2.24) is 0 Å². The summed E-state index contributed by atoms with van der Waals surface area (Å²) in [6, 6.07) is 15.3. The van der Waals surface area contributed by atoms with Crippen LogP contribution in [0.25, 0.3) is 11.1 Å². The maximum atomic E-state index is 11.8. The van der Waals surface area contributed by atoms with Crippen LogP contribution in [0.3, 0.4) is 0 Å². The van der Waals surface area contributed by atoms with Crippen molar-refractivity contribution in [3.63, 3.8) is 0 Å². The lowest BCUT2D eigenvalue weighted by Gasteiger charge is -2.54. The number of ether oxygens (including phenoxy) is 1. The zero-order valence-electron chi connectivity index (χ0n) is 20.8. The molecule has 0 aromatic heterocycles. The van der Waals surface area contributed by atoms with Crippen LogP contribution in [0.15, 0.2) is 24.3 Å². The van der Waals surface area contributed by atoms with Gasteiger partial charge in [-0.3, -0.25) is 4.79 Å². The van der Waals surface area contributed by atoms with Gasteiger partial charge in [-0.15, -0.1) is 0 Å². The van der Waals surface area contributed by atoms with Gasteiger partial charge in [0.1, 0.15) is 35.6 Å². The molecule has 0 aliphatic heterocycles. The standard InChI is InChI=1S/C30H28N4O2/c1-3-9-29-10-13-30(14-11-29,15-12-29)26-7-5-20(22(16-31)24(26)18-33)21-6-8-27(36-28(35)4-2)25(19-34)23(21)17-32/h5-8H,3-4,9-15H2,1-2H3. The number of carbonyl (C=O) groups is 1. The molecule has 6 heteroatoms. The van der Waals surface area contributed by atoms with E-state index in [0.717, 1.165) is 44.1 Å². The average Bonchev–Trinajstić information content (AvgIpc) is 2.92. The SMILES string of the molecule is CCCC12CCC(c3ccc(-c4ccc(OC(=O)CC)c(C#N)c4C#N)c(C#N)c3C#N)(CC1)CC2. The Morgan fingerprint density at radius 2 is 1.31 bits per heavy atom. The first-order valence-corrected chi connectivity index (χ1v) is 12.6. The van der Waals surface area contributed by atoms with Crippen molar-refractivity contribution in [2.45, 2.75) is 77.0 Å². The molecule has 6 nitrogen and oxygen atoms in total. The molecular weight excluding hydrogens is 448 g/mol. The maximum absolute atomic E-state index is 11.8. The number of hydrogen-bond acceptors (Lipinski definition) is 6. The molecule has 2 aromatic carbocycles. The molecule has 0 radical (unpaired) electrons. The number of hydrogen-bond donors (Lipinski definition) is 0. The number of nitriles is 4. The molecule has 180 valence electrons. The molecule has 0 spiro atoms. The average molecular weight is 477 g/mol. The quantitative estimate of drug-likeness (QED) is 0.344. The van der Waals surface area contributed by atoms with E-state index >= 15 is 0 Å². The van der Waals surface area contributed by atoms with E-state index in [1.54, 1.807) is 19.1 Å². The fraction of sp³-hybridized carbons (Fsp3) is 0.433. The van der Waals surface area contributed by atoms with E-state index in [1.165, 1.54) is 18.9 Å². The molecule has 3 aliphatic rings. The Morgan fingerprint density at radius 1 is 0.778 bits per heavy atom. The van der Waals surface area contributed by atoms with Crippen LogP contribution in [0, 0.1) is 50.7 Å². The number of benzene rings is 2. The summed E-state index contributed by atoms with van der Waals surface area (Å²) in [7, 11) is 0. The van der Waals surface area contributed by atoms with Gasteiger partial charge in [0.25, 0.3) is 0 Å². The zero-order chi connectivity index (χ0) is 25.9. The van der Waals surface area contributed by atoms with Gasteiger partial charge in [-0.05, 0) is 73.5 Å². The number of rotatable bonds is 6. The van der Waals surface area contributed by atoms with E-state index in [4.69, 9.17) is 4.74 Å². The molecule has 0 atom stereocenters. The van der Waals surface area contributed by atoms with E-state index in [2.05, 4.69) is 19.1 Å². The first-order chi connectivity index (χ1) is 17.4. The summed E-state index contributed by atoms with van der Waals surface area (Å²) in [4.78, 5) is 11.8. The molecule has 0 heterocycles. The molecular formula is C30H28N4O2. The van der Waals surface area contributed by atoms with Gasteiger partial charge < -0.3 is 4.74 Å².